The number of hydrogen-bond donors (Lipinski definition) is 0. The Hall–Kier alpha value is -2.50. The third-order valence-electron chi connectivity index (χ3n) is 3.00. The molecule has 1 aromatic heterocycles. The molecular weight excluding hydrogens is 275 g/mol. The molecule has 0 aliphatic heterocycles. The Labute approximate surface area is 121 Å². The smallest absolute Gasteiger partial charge is 0.343 e. The molecule has 6 heteroatoms. The van der Waals surface area contributed by atoms with E-state index in [4.69, 9.17) is 4.74 Å². The molecule has 0 aliphatic rings. The van der Waals surface area contributed by atoms with Crippen molar-refractivity contribution in [2.24, 2.45) is 0 Å². The fourth-order valence-electron chi connectivity index (χ4n) is 1.66. The van der Waals surface area contributed by atoms with Crippen molar-refractivity contribution in [3.05, 3.63) is 41.3 Å². The molecule has 0 bridgehead atoms. The maximum atomic E-state index is 13.0. The molecule has 0 unspecified atom stereocenters. The molecule has 0 saturated carbocycles. The molecule has 1 aromatic carbocycles. The van der Waals surface area contributed by atoms with E-state index in [1.165, 1.54) is 19.2 Å². The third kappa shape index (κ3) is 3.53. The van der Waals surface area contributed by atoms with Crippen molar-refractivity contribution in [3.8, 4) is 17.3 Å². The fourth-order valence-corrected chi connectivity index (χ4v) is 1.66. The van der Waals surface area contributed by atoms with Gasteiger partial charge in [-0.3, -0.25) is 0 Å². The topological polar surface area (TPSA) is 61.3 Å². The minimum Gasteiger partial charge on any atom is -0.466 e. The van der Waals surface area contributed by atoms with Gasteiger partial charge in [0.2, 0.25) is 5.88 Å². The van der Waals surface area contributed by atoms with E-state index in [0.717, 1.165) is 11.3 Å². The van der Waals surface area contributed by atoms with Gasteiger partial charge in [0.15, 0.2) is 12.4 Å². The number of carbonyl (C=O) groups is 1. The van der Waals surface area contributed by atoms with Gasteiger partial charge >= 0.3 is 5.97 Å². The zero-order valence-electron chi connectivity index (χ0n) is 12.0. The normalized spacial score (nSPS) is 10.3. The Kier molecular flexibility index (Phi) is 4.47. The van der Waals surface area contributed by atoms with Gasteiger partial charge in [-0.1, -0.05) is 0 Å². The van der Waals surface area contributed by atoms with E-state index in [2.05, 4.69) is 14.7 Å². The van der Waals surface area contributed by atoms with Crippen LogP contribution in [0.15, 0.2) is 24.3 Å². The Morgan fingerprint density at radius 3 is 2.48 bits per heavy atom. The minimum absolute atomic E-state index is 0.226. The van der Waals surface area contributed by atoms with Crippen LogP contribution in [0.25, 0.3) is 11.4 Å². The molecule has 0 aliphatic carbocycles. The van der Waals surface area contributed by atoms with E-state index in [1.54, 1.807) is 19.1 Å². The molecule has 2 aromatic rings. The molecule has 0 spiro atoms. The van der Waals surface area contributed by atoms with Crippen molar-refractivity contribution in [3.63, 3.8) is 0 Å². The number of methoxy groups -OCH3 is 1. The molecule has 0 fully saturated rings. The van der Waals surface area contributed by atoms with E-state index in [-0.39, 0.29) is 12.4 Å². The lowest BCUT2D eigenvalue weighted by atomic mass is 10.2. The van der Waals surface area contributed by atoms with Gasteiger partial charge in [-0.15, -0.1) is 0 Å². The average Bonchev–Trinajstić information content (AvgIpc) is 2.49. The molecule has 110 valence electrons. The number of benzene rings is 1. The predicted molar refractivity (Wildman–Crippen MR) is 74.4 cm³/mol. The first-order valence-electron chi connectivity index (χ1n) is 6.32. The van der Waals surface area contributed by atoms with Crippen LogP contribution in [0.2, 0.25) is 0 Å². The largest absolute Gasteiger partial charge is 0.466 e. The SMILES string of the molecule is COC(=O)COc1nc(-c2ccc(F)cc2)nc(C)c1C. The Morgan fingerprint density at radius 2 is 1.86 bits per heavy atom. The molecule has 21 heavy (non-hydrogen) atoms. The van der Waals surface area contributed by atoms with Gasteiger partial charge < -0.3 is 9.47 Å². The summed E-state index contributed by atoms with van der Waals surface area (Å²) in [7, 11) is 1.29. The van der Waals surface area contributed by atoms with Gasteiger partial charge in [-0.2, -0.15) is 4.98 Å². The number of nitrogens with zero attached hydrogens (tertiary/aromatic N) is 2. The first-order chi connectivity index (χ1) is 10.0. The number of ether oxygens (including phenoxy) is 2. The molecule has 0 atom stereocenters. The number of aromatic nitrogens is 2. The maximum absolute atomic E-state index is 13.0. The zero-order valence-corrected chi connectivity index (χ0v) is 12.0. The number of halogens is 1. The van der Waals surface area contributed by atoms with Gasteiger partial charge in [0, 0.05) is 16.8 Å². The lowest BCUT2D eigenvalue weighted by molar-refractivity contribution is -0.143. The molecule has 0 saturated heterocycles. The second-order valence-electron chi connectivity index (χ2n) is 4.43. The molecule has 0 N–H and O–H groups in total. The summed E-state index contributed by atoms with van der Waals surface area (Å²) < 4.78 is 22.8. The van der Waals surface area contributed by atoms with Crippen LogP contribution in [0.5, 0.6) is 5.88 Å². The van der Waals surface area contributed by atoms with Crippen LogP contribution in [0.4, 0.5) is 4.39 Å². The number of carbonyl (C=O) groups excluding carboxylic acids is 1. The summed E-state index contributed by atoms with van der Waals surface area (Å²) in [6, 6.07) is 5.85. The van der Waals surface area contributed by atoms with E-state index >= 15 is 0 Å². The summed E-state index contributed by atoms with van der Waals surface area (Å²) in [6.07, 6.45) is 0. The van der Waals surface area contributed by atoms with Gasteiger partial charge in [-0.05, 0) is 38.1 Å². The minimum atomic E-state index is -0.492. The highest BCUT2D eigenvalue weighted by atomic mass is 19.1. The first-order valence-corrected chi connectivity index (χ1v) is 6.32. The van der Waals surface area contributed by atoms with E-state index in [1.807, 2.05) is 6.92 Å². The maximum Gasteiger partial charge on any atom is 0.343 e. The summed E-state index contributed by atoms with van der Waals surface area (Å²) in [4.78, 5) is 19.8. The van der Waals surface area contributed by atoms with Gasteiger partial charge in [0.25, 0.3) is 0 Å². The van der Waals surface area contributed by atoms with Crippen LogP contribution in [0, 0.1) is 19.7 Å². The van der Waals surface area contributed by atoms with Crippen LogP contribution in [-0.2, 0) is 9.53 Å². The first kappa shape index (κ1) is 14.9. The van der Waals surface area contributed by atoms with Crippen LogP contribution in [0.3, 0.4) is 0 Å². The number of rotatable bonds is 4. The lowest BCUT2D eigenvalue weighted by Crippen LogP contribution is -2.14. The Morgan fingerprint density at radius 1 is 1.19 bits per heavy atom. The summed E-state index contributed by atoms with van der Waals surface area (Å²) in [5, 5.41) is 0. The summed E-state index contributed by atoms with van der Waals surface area (Å²) in [6.45, 7) is 3.39. The summed E-state index contributed by atoms with van der Waals surface area (Å²) in [5.41, 5.74) is 2.14. The molecule has 0 radical (unpaired) electrons. The molecule has 1 heterocycles. The van der Waals surface area contributed by atoms with Crippen molar-refractivity contribution in [2.75, 3.05) is 13.7 Å². The zero-order chi connectivity index (χ0) is 15.4. The van der Waals surface area contributed by atoms with Crippen LogP contribution < -0.4 is 4.74 Å². The van der Waals surface area contributed by atoms with Gasteiger partial charge in [0.05, 0.1) is 7.11 Å². The quantitative estimate of drug-likeness (QED) is 0.809. The summed E-state index contributed by atoms with van der Waals surface area (Å²) >= 11 is 0. The average molecular weight is 290 g/mol. The molecule has 2 rings (SSSR count). The van der Waals surface area contributed by atoms with Crippen molar-refractivity contribution in [2.45, 2.75) is 13.8 Å². The Balaban J connectivity index is 2.33. The standard InChI is InChI=1S/C15H15FN2O3/c1-9-10(2)17-14(11-4-6-12(16)7-5-11)18-15(9)21-8-13(19)20-3/h4-7H,8H2,1-3H3. The van der Waals surface area contributed by atoms with Crippen molar-refractivity contribution in [1.82, 2.24) is 9.97 Å². The highest BCUT2D eigenvalue weighted by molar-refractivity contribution is 5.70. The highest BCUT2D eigenvalue weighted by Gasteiger charge is 2.12. The lowest BCUT2D eigenvalue weighted by Gasteiger charge is -2.11. The van der Waals surface area contributed by atoms with Crippen LogP contribution in [0.1, 0.15) is 11.3 Å². The molecular formula is C15H15FN2O3. The molecule has 5 nitrogen and oxygen atoms in total. The van der Waals surface area contributed by atoms with Gasteiger partial charge in [-0.25, -0.2) is 14.2 Å². The van der Waals surface area contributed by atoms with Crippen molar-refractivity contribution < 1.29 is 18.7 Å². The van der Waals surface area contributed by atoms with Crippen molar-refractivity contribution >= 4 is 5.97 Å². The fraction of sp³-hybridized carbons (Fsp3) is 0.267. The number of hydrogen-bond acceptors (Lipinski definition) is 5. The van der Waals surface area contributed by atoms with E-state index in [0.29, 0.717) is 17.3 Å². The molecule has 0 amide bonds. The van der Waals surface area contributed by atoms with Crippen LogP contribution in [-0.4, -0.2) is 29.7 Å². The highest BCUT2D eigenvalue weighted by Crippen LogP contribution is 2.23. The van der Waals surface area contributed by atoms with E-state index in [9.17, 15) is 9.18 Å². The van der Waals surface area contributed by atoms with Crippen LogP contribution >= 0.6 is 0 Å². The second-order valence-corrected chi connectivity index (χ2v) is 4.43. The Bertz CT molecular complexity index is 657. The summed E-state index contributed by atoms with van der Waals surface area (Å²) in [5.74, 6) is -0.0936. The number of esters is 1. The number of aryl methyl sites for hydroxylation is 1. The third-order valence-corrected chi connectivity index (χ3v) is 3.00. The van der Waals surface area contributed by atoms with Crippen molar-refractivity contribution in [1.29, 1.82) is 0 Å². The monoisotopic (exact) mass is 290 g/mol. The predicted octanol–water partition coefficient (Wildman–Crippen LogP) is 2.45. The second kappa shape index (κ2) is 6.30. The van der Waals surface area contributed by atoms with E-state index < -0.39 is 5.97 Å². The van der Waals surface area contributed by atoms with Gasteiger partial charge in [0.1, 0.15) is 5.82 Å².